The number of nitrogens with two attached hydrogens (primary N) is 1. The van der Waals surface area contributed by atoms with Crippen LogP contribution in [0.25, 0.3) is 0 Å². The molecule has 0 amide bonds. The van der Waals surface area contributed by atoms with Crippen LogP contribution in [0.1, 0.15) is 29.9 Å². The first kappa shape index (κ1) is 7.74. The third-order valence-electron chi connectivity index (χ3n) is 2.34. The van der Waals surface area contributed by atoms with Gasteiger partial charge in [0.25, 0.3) is 0 Å². The van der Waals surface area contributed by atoms with E-state index in [-0.39, 0.29) is 5.82 Å². The average molecular weight is 165 g/mol. The number of rotatable bonds is 2. The summed E-state index contributed by atoms with van der Waals surface area (Å²) in [5.74, 6) is 0.476. The predicted molar refractivity (Wildman–Crippen MR) is 46.3 cm³/mol. The maximum Gasteiger partial charge on any atom is 0.123 e. The number of benzene rings is 1. The molecule has 12 heavy (non-hydrogen) atoms. The molecule has 1 aliphatic rings. The lowest BCUT2D eigenvalue weighted by Gasteiger charge is -2.05. The van der Waals surface area contributed by atoms with Gasteiger partial charge in [-0.1, -0.05) is 6.07 Å². The molecule has 0 bridgehead atoms. The summed E-state index contributed by atoms with van der Waals surface area (Å²) in [6.45, 7) is 0.448. The fourth-order valence-electron chi connectivity index (χ4n) is 1.54. The Bertz CT molecular complexity index is 292. The van der Waals surface area contributed by atoms with Gasteiger partial charge in [-0.05, 0) is 42.0 Å². The summed E-state index contributed by atoms with van der Waals surface area (Å²) in [6.07, 6.45) is 2.47. The SMILES string of the molecule is NCc1cc(F)ccc1C1CC1. The fraction of sp³-hybridized carbons (Fsp3) is 0.400. The van der Waals surface area contributed by atoms with Crippen molar-refractivity contribution in [3.05, 3.63) is 35.1 Å². The summed E-state index contributed by atoms with van der Waals surface area (Å²) in [5.41, 5.74) is 7.74. The van der Waals surface area contributed by atoms with Crippen molar-refractivity contribution in [2.45, 2.75) is 25.3 Å². The number of halogens is 1. The van der Waals surface area contributed by atoms with Crippen molar-refractivity contribution in [3.8, 4) is 0 Å². The number of hydrogen-bond acceptors (Lipinski definition) is 1. The Kier molecular flexibility index (Phi) is 1.85. The molecule has 0 radical (unpaired) electrons. The molecule has 1 fully saturated rings. The first-order valence-electron chi connectivity index (χ1n) is 4.29. The fourth-order valence-corrected chi connectivity index (χ4v) is 1.54. The van der Waals surface area contributed by atoms with Crippen molar-refractivity contribution >= 4 is 0 Å². The summed E-state index contributed by atoms with van der Waals surface area (Å²) in [4.78, 5) is 0. The van der Waals surface area contributed by atoms with Crippen LogP contribution in [0, 0.1) is 5.82 Å². The molecule has 0 heterocycles. The van der Waals surface area contributed by atoms with E-state index in [1.54, 1.807) is 6.07 Å². The van der Waals surface area contributed by atoms with E-state index in [2.05, 4.69) is 0 Å². The number of hydrogen-bond donors (Lipinski definition) is 1. The van der Waals surface area contributed by atoms with Crippen LogP contribution < -0.4 is 5.73 Å². The summed E-state index contributed by atoms with van der Waals surface area (Å²) >= 11 is 0. The van der Waals surface area contributed by atoms with Gasteiger partial charge in [0.2, 0.25) is 0 Å². The van der Waals surface area contributed by atoms with E-state index in [9.17, 15) is 4.39 Å². The van der Waals surface area contributed by atoms with Crippen LogP contribution in [0.3, 0.4) is 0 Å². The minimum absolute atomic E-state index is 0.181. The van der Waals surface area contributed by atoms with Crippen LogP contribution in [-0.4, -0.2) is 0 Å². The molecular weight excluding hydrogens is 153 g/mol. The average Bonchev–Trinajstić information content (AvgIpc) is 2.87. The van der Waals surface area contributed by atoms with E-state index in [4.69, 9.17) is 5.73 Å². The lowest BCUT2D eigenvalue weighted by atomic mass is 10.0. The quantitative estimate of drug-likeness (QED) is 0.714. The molecule has 0 aromatic heterocycles. The molecule has 1 aromatic rings. The largest absolute Gasteiger partial charge is 0.326 e. The first-order valence-corrected chi connectivity index (χ1v) is 4.29. The molecule has 1 aromatic carbocycles. The van der Waals surface area contributed by atoms with Crippen molar-refractivity contribution in [2.24, 2.45) is 5.73 Å². The smallest absolute Gasteiger partial charge is 0.123 e. The summed E-state index contributed by atoms with van der Waals surface area (Å²) in [5, 5.41) is 0. The maximum absolute atomic E-state index is 12.8. The molecule has 0 unspecified atom stereocenters. The van der Waals surface area contributed by atoms with Crippen molar-refractivity contribution in [1.82, 2.24) is 0 Å². The lowest BCUT2D eigenvalue weighted by Crippen LogP contribution is -2.01. The van der Waals surface area contributed by atoms with Gasteiger partial charge in [0.15, 0.2) is 0 Å². The van der Waals surface area contributed by atoms with Crippen molar-refractivity contribution in [3.63, 3.8) is 0 Å². The topological polar surface area (TPSA) is 26.0 Å². The van der Waals surface area contributed by atoms with Gasteiger partial charge in [-0.2, -0.15) is 0 Å². The minimum Gasteiger partial charge on any atom is -0.326 e. The predicted octanol–water partition coefficient (Wildman–Crippen LogP) is 2.16. The molecule has 0 saturated heterocycles. The second-order valence-corrected chi connectivity index (χ2v) is 3.32. The molecule has 64 valence electrons. The van der Waals surface area contributed by atoms with Crippen LogP contribution in [0.4, 0.5) is 4.39 Å². The van der Waals surface area contributed by atoms with Gasteiger partial charge in [-0.3, -0.25) is 0 Å². The minimum atomic E-state index is -0.181. The van der Waals surface area contributed by atoms with E-state index >= 15 is 0 Å². The highest BCUT2D eigenvalue weighted by Crippen LogP contribution is 2.41. The molecule has 0 aliphatic heterocycles. The van der Waals surface area contributed by atoms with E-state index in [1.165, 1.54) is 24.5 Å². The Morgan fingerprint density at radius 3 is 2.75 bits per heavy atom. The van der Waals surface area contributed by atoms with Gasteiger partial charge in [0.1, 0.15) is 5.82 Å². The standard InChI is InChI=1S/C10H12FN/c11-9-3-4-10(7-1-2-7)8(5-9)6-12/h3-5,7H,1-2,6,12H2. The van der Waals surface area contributed by atoms with Crippen molar-refractivity contribution in [1.29, 1.82) is 0 Å². The van der Waals surface area contributed by atoms with Gasteiger partial charge in [0, 0.05) is 6.54 Å². The molecule has 1 nitrogen and oxygen atoms in total. The zero-order chi connectivity index (χ0) is 8.55. The Morgan fingerprint density at radius 1 is 1.42 bits per heavy atom. The van der Waals surface area contributed by atoms with Gasteiger partial charge in [-0.15, -0.1) is 0 Å². The molecule has 2 heteroatoms. The van der Waals surface area contributed by atoms with Crippen LogP contribution in [-0.2, 0) is 6.54 Å². The molecule has 2 rings (SSSR count). The van der Waals surface area contributed by atoms with Gasteiger partial charge in [-0.25, -0.2) is 4.39 Å². The Morgan fingerprint density at radius 2 is 2.17 bits per heavy atom. The van der Waals surface area contributed by atoms with Crippen LogP contribution >= 0.6 is 0 Å². The molecule has 1 aliphatic carbocycles. The first-order chi connectivity index (χ1) is 5.81. The van der Waals surface area contributed by atoms with E-state index in [0.717, 1.165) is 5.56 Å². The maximum atomic E-state index is 12.8. The van der Waals surface area contributed by atoms with E-state index in [0.29, 0.717) is 12.5 Å². The van der Waals surface area contributed by atoms with Gasteiger partial charge in [0.05, 0.1) is 0 Å². The Hall–Kier alpha value is -0.890. The zero-order valence-electron chi connectivity index (χ0n) is 6.89. The van der Waals surface area contributed by atoms with Crippen molar-refractivity contribution in [2.75, 3.05) is 0 Å². The second-order valence-electron chi connectivity index (χ2n) is 3.32. The van der Waals surface area contributed by atoms with Crippen LogP contribution in [0.2, 0.25) is 0 Å². The van der Waals surface area contributed by atoms with E-state index < -0.39 is 0 Å². The summed E-state index contributed by atoms with van der Waals surface area (Å²) in [7, 11) is 0. The van der Waals surface area contributed by atoms with Crippen LogP contribution in [0.5, 0.6) is 0 Å². The van der Waals surface area contributed by atoms with Crippen LogP contribution in [0.15, 0.2) is 18.2 Å². The summed E-state index contributed by atoms with van der Waals surface area (Å²) in [6, 6.07) is 4.94. The monoisotopic (exact) mass is 165 g/mol. The van der Waals surface area contributed by atoms with Crippen molar-refractivity contribution < 1.29 is 4.39 Å². The van der Waals surface area contributed by atoms with Gasteiger partial charge < -0.3 is 5.73 Å². The molecule has 0 atom stereocenters. The Labute approximate surface area is 71.4 Å². The molecule has 0 spiro atoms. The third-order valence-corrected chi connectivity index (χ3v) is 2.34. The Balaban J connectivity index is 2.38. The highest BCUT2D eigenvalue weighted by molar-refractivity contribution is 5.33. The van der Waals surface area contributed by atoms with E-state index in [1.807, 2.05) is 6.07 Å². The lowest BCUT2D eigenvalue weighted by molar-refractivity contribution is 0.624. The highest BCUT2D eigenvalue weighted by Gasteiger charge is 2.25. The molecule has 1 saturated carbocycles. The third kappa shape index (κ3) is 1.34. The molecule has 2 N–H and O–H groups in total. The highest BCUT2D eigenvalue weighted by atomic mass is 19.1. The zero-order valence-corrected chi connectivity index (χ0v) is 6.89. The second kappa shape index (κ2) is 2.87. The molecular formula is C10H12FN. The summed E-state index contributed by atoms with van der Waals surface area (Å²) < 4.78 is 12.8. The normalized spacial score (nSPS) is 16.5. The van der Waals surface area contributed by atoms with Gasteiger partial charge >= 0.3 is 0 Å².